The third-order valence-corrected chi connectivity index (χ3v) is 4.60. The number of nitrogens with one attached hydrogen (secondary N) is 1. The smallest absolute Gasteiger partial charge is 0.0813 e. The van der Waals surface area contributed by atoms with Gasteiger partial charge in [-0.25, -0.2) is 4.98 Å². The number of aromatic nitrogens is 1. The zero-order chi connectivity index (χ0) is 13.2. The van der Waals surface area contributed by atoms with E-state index in [4.69, 9.17) is 0 Å². The predicted octanol–water partition coefficient (Wildman–Crippen LogP) is 4.70. The van der Waals surface area contributed by atoms with E-state index in [2.05, 4.69) is 48.4 Å². The van der Waals surface area contributed by atoms with E-state index >= 15 is 0 Å². The summed E-state index contributed by atoms with van der Waals surface area (Å²) in [6, 6.07) is 6.45. The first-order valence-corrected chi connectivity index (χ1v) is 7.83. The van der Waals surface area contributed by atoms with Crippen LogP contribution < -0.4 is 5.32 Å². The Bertz CT molecular complexity index is 600. The molecule has 2 nitrogen and oxygen atoms in total. The summed E-state index contributed by atoms with van der Waals surface area (Å²) in [5.41, 5.74) is 5.77. The van der Waals surface area contributed by atoms with Crippen LogP contribution in [0, 0.1) is 11.8 Å². The number of hydrogen-bond acceptors (Lipinski definition) is 3. The molecule has 0 saturated heterocycles. The maximum atomic E-state index is 4.31. The molecule has 100 valence electrons. The molecule has 3 heteroatoms. The van der Waals surface area contributed by atoms with E-state index in [1.165, 1.54) is 23.2 Å². The molecule has 0 fully saturated rings. The highest BCUT2D eigenvalue weighted by Gasteiger charge is 2.17. The molecular weight excluding hydrogens is 252 g/mol. The van der Waals surface area contributed by atoms with Crippen molar-refractivity contribution in [2.24, 2.45) is 11.8 Å². The quantitative estimate of drug-likeness (QED) is 0.819. The molecule has 1 aromatic carbocycles. The Kier molecular flexibility index (Phi) is 3.56. The van der Waals surface area contributed by atoms with Crippen LogP contribution in [-0.2, 0) is 0 Å². The Labute approximate surface area is 118 Å². The lowest BCUT2D eigenvalue weighted by molar-refractivity contribution is 0.421. The lowest BCUT2D eigenvalue weighted by Gasteiger charge is -2.26. The summed E-state index contributed by atoms with van der Waals surface area (Å²) in [6.45, 7) is 5.64. The van der Waals surface area contributed by atoms with Gasteiger partial charge in [-0.15, -0.1) is 11.3 Å². The van der Waals surface area contributed by atoms with Gasteiger partial charge in [0.05, 0.1) is 15.7 Å². The van der Waals surface area contributed by atoms with Gasteiger partial charge in [0.15, 0.2) is 0 Å². The first-order chi connectivity index (χ1) is 9.20. The van der Waals surface area contributed by atoms with E-state index in [9.17, 15) is 0 Å². The third-order valence-electron chi connectivity index (χ3n) is 3.81. The average molecular weight is 272 g/mol. The molecule has 2 unspecified atom stereocenters. The number of fused-ring (bicyclic) bond motifs is 1. The molecule has 3 rings (SSSR count). The largest absolute Gasteiger partial charge is 0.385 e. The standard InChI is InChI=1S/C16H20N2S/c1-11-5-12(2)7-13(6-11)9-17-14-3-4-15-16(8-14)19-10-18-15/h3-5,8,10-11,13,17H,6-7,9H2,1-2H3. The van der Waals surface area contributed by atoms with Gasteiger partial charge in [0.1, 0.15) is 0 Å². The summed E-state index contributed by atoms with van der Waals surface area (Å²) in [5, 5.41) is 3.59. The minimum absolute atomic E-state index is 0.726. The second-order valence-corrected chi connectivity index (χ2v) is 6.60. The summed E-state index contributed by atoms with van der Waals surface area (Å²) >= 11 is 1.70. The molecule has 1 heterocycles. The Hall–Kier alpha value is -1.35. The maximum absolute atomic E-state index is 4.31. The van der Waals surface area contributed by atoms with Crippen molar-refractivity contribution in [1.82, 2.24) is 4.98 Å². The van der Waals surface area contributed by atoms with Crippen LogP contribution in [0.15, 0.2) is 35.4 Å². The Morgan fingerprint density at radius 1 is 1.42 bits per heavy atom. The molecule has 1 aliphatic rings. The number of benzene rings is 1. The van der Waals surface area contributed by atoms with E-state index < -0.39 is 0 Å². The zero-order valence-electron chi connectivity index (χ0n) is 11.5. The minimum atomic E-state index is 0.726. The highest BCUT2D eigenvalue weighted by atomic mass is 32.1. The number of thiazole rings is 1. The lowest BCUT2D eigenvalue weighted by Crippen LogP contribution is -2.20. The van der Waals surface area contributed by atoms with Crippen LogP contribution in [0.4, 0.5) is 5.69 Å². The molecule has 0 saturated carbocycles. The predicted molar refractivity (Wildman–Crippen MR) is 83.8 cm³/mol. The molecule has 1 N–H and O–H groups in total. The van der Waals surface area contributed by atoms with Crippen molar-refractivity contribution in [3.63, 3.8) is 0 Å². The van der Waals surface area contributed by atoms with Crippen LogP contribution in [0.25, 0.3) is 10.2 Å². The van der Waals surface area contributed by atoms with Crippen LogP contribution >= 0.6 is 11.3 Å². The third kappa shape index (κ3) is 2.98. The van der Waals surface area contributed by atoms with Gasteiger partial charge in [0, 0.05) is 12.2 Å². The number of rotatable bonds is 3. The van der Waals surface area contributed by atoms with Gasteiger partial charge in [0.25, 0.3) is 0 Å². The Morgan fingerprint density at radius 2 is 2.32 bits per heavy atom. The van der Waals surface area contributed by atoms with Crippen molar-refractivity contribution >= 4 is 27.2 Å². The fraction of sp³-hybridized carbons (Fsp3) is 0.438. The minimum Gasteiger partial charge on any atom is -0.385 e. The molecule has 0 bridgehead atoms. The number of allylic oxidation sites excluding steroid dienone is 2. The topological polar surface area (TPSA) is 24.9 Å². The number of anilines is 1. The average Bonchev–Trinajstić information content (AvgIpc) is 2.82. The molecule has 19 heavy (non-hydrogen) atoms. The van der Waals surface area contributed by atoms with E-state index in [0.717, 1.165) is 23.9 Å². The highest BCUT2D eigenvalue weighted by molar-refractivity contribution is 7.16. The van der Waals surface area contributed by atoms with Crippen molar-refractivity contribution in [2.45, 2.75) is 26.7 Å². The van der Waals surface area contributed by atoms with Crippen molar-refractivity contribution in [2.75, 3.05) is 11.9 Å². The SMILES string of the molecule is CC1=CC(C)CC(CNc2ccc3ncsc3c2)C1. The van der Waals surface area contributed by atoms with Gasteiger partial charge in [-0.05, 0) is 49.8 Å². The molecule has 0 radical (unpaired) electrons. The van der Waals surface area contributed by atoms with Crippen LogP contribution in [0.2, 0.25) is 0 Å². The first-order valence-electron chi connectivity index (χ1n) is 6.95. The molecular formula is C16H20N2S. The van der Waals surface area contributed by atoms with Crippen molar-refractivity contribution in [3.05, 3.63) is 35.4 Å². The maximum Gasteiger partial charge on any atom is 0.0813 e. The first kappa shape index (κ1) is 12.7. The van der Waals surface area contributed by atoms with E-state index in [1.807, 2.05) is 5.51 Å². The summed E-state index contributed by atoms with van der Waals surface area (Å²) in [5.74, 6) is 1.49. The molecule has 1 aliphatic carbocycles. The fourth-order valence-electron chi connectivity index (χ4n) is 3.07. The molecule has 0 amide bonds. The van der Waals surface area contributed by atoms with Gasteiger partial charge in [0.2, 0.25) is 0 Å². The number of hydrogen-bond donors (Lipinski definition) is 1. The van der Waals surface area contributed by atoms with Crippen molar-refractivity contribution < 1.29 is 0 Å². The number of nitrogens with zero attached hydrogens (tertiary/aromatic N) is 1. The monoisotopic (exact) mass is 272 g/mol. The summed E-state index contributed by atoms with van der Waals surface area (Å²) in [7, 11) is 0. The van der Waals surface area contributed by atoms with Crippen LogP contribution in [0.1, 0.15) is 26.7 Å². The van der Waals surface area contributed by atoms with E-state index in [0.29, 0.717) is 0 Å². The fourth-order valence-corrected chi connectivity index (χ4v) is 3.79. The zero-order valence-corrected chi connectivity index (χ0v) is 12.3. The molecule has 1 aromatic heterocycles. The van der Waals surface area contributed by atoms with Gasteiger partial charge in [-0.2, -0.15) is 0 Å². The summed E-state index contributed by atoms with van der Waals surface area (Å²) in [6.07, 6.45) is 4.95. The lowest BCUT2D eigenvalue weighted by atomic mass is 9.84. The molecule has 0 spiro atoms. The summed E-state index contributed by atoms with van der Waals surface area (Å²) < 4.78 is 1.26. The van der Waals surface area contributed by atoms with Crippen LogP contribution in [0.5, 0.6) is 0 Å². The Balaban J connectivity index is 1.64. The van der Waals surface area contributed by atoms with E-state index in [-0.39, 0.29) is 0 Å². The molecule has 0 aliphatic heterocycles. The van der Waals surface area contributed by atoms with Crippen LogP contribution in [-0.4, -0.2) is 11.5 Å². The molecule has 2 aromatic rings. The van der Waals surface area contributed by atoms with Gasteiger partial charge in [-0.3, -0.25) is 0 Å². The van der Waals surface area contributed by atoms with Crippen molar-refractivity contribution in [1.29, 1.82) is 0 Å². The summed E-state index contributed by atoms with van der Waals surface area (Å²) in [4.78, 5) is 4.31. The second kappa shape index (κ2) is 5.33. The van der Waals surface area contributed by atoms with Gasteiger partial charge < -0.3 is 5.32 Å². The Morgan fingerprint density at radius 3 is 3.16 bits per heavy atom. The second-order valence-electron chi connectivity index (χ2n) is 5.71. The van der Waals surface area contributed by atoms with Gasteiger partial charge >= 0.3 is 0 Å². The normalized spacial score (nSPS) is 23.4. The van der Waals surface area contributed by atoms with Crippen LogP contribution in [0.3, 0.4) is 0 Å². The van der Waals surface area contributed by atoms with Gasteiger partial charge in [-0.1, -0.05) is 18.6 Å². The highest BCUT2D eigenvalue weighted by Crippen LogP contribution is 2.28. The van der Waals surface area contributed by atoms with Crippen molar-refractivity contribution in [3.8, 4) is 0 Å². The molecule has 2 atom stereocenters. The van der Waals surface area contributed by atoms with E-state index in [1.54, 1.807) is 16.9 Å².